The van der Waals surface area contributed by atoms with Crippen molar-refractivity contribution in [1.29, 1.82) is 0 Å². The summed E-state index contributed by atoms with van der Waals surface area (Å²) in [5.74, 6) is -0.358. The van der Waals surface area contributed by atoms with Gasteiger partial charge in [-0.2, -0.15) is 0 Å². The molecule has 2 atom stereocenters. The minimum absolute atomic E-state index is 0.0214. The number of sulfonamides is 1. The minimum atomic E-state index is -4.21. The van der Waals surface area contributed by atoms with E-state index in [9.17, 15) is 18.0 Å². The van der Waals surface area contributed by atoms with Crippen LogP contribution in [0, 0.1) is 0 Å². The van der Waals surface area contributed by atoms with Crippen LogP contribution in [0.5, 0.6) is 5.75 Å². The summed E-state index contributed by atoms with van der Waals surface area (Å²) in [6.45, 7) is 5.19. The van der Waals surface area contributed by atoms with E-state index in [1.807, 2.05) is 20.8 Å². The lowest BCUT2D eigenvalue weighted by Crippen LogP contribution is -2.53. The molecule has 220 valence electrons. The molecule has 3 aromatic carbocycles. The highest BCUT2D eigenvalue weighted by Crippen LogP contribution is 2.27. The summed E-state index contributed by atoms with van der Waals surface area (Å²) in [5.41, 5.74) is 0.996. The van der Waals surface area contributed by atoms with Gasteiger partial charge in [0.1, 0.15) is 18.3 Å². The van der Waals surface area contributed by atoms with Crippen LogP contribution in [0.25, 0.3) is 0 Å². The van der Waals surface area contributed by atoms with Crippen molar-refractivity contribution in [2.45, 2.75) is 57.1 Å². The molecule has 0 bridgehead atoms. The second kappa shape index (κ2) is 14.6. The first-order valence-corrected chi connectivity index (χ1v) is 15.5. The van der Waals surface area contributed by atoms with Gasteiger partial charge in [-0.1, -0.05) is 49.2 Å². The highest BCUT2D eigenvalue weighted by Gasteiger charge is 2.34. The number of halogens is 2. The lowest BCUT2D eigenvalue weighted by Gasteiger charge is -2.33. The normalized spacial score (nSPS) is 12.7. The van der Waals surface area contributed by atoms with E-state index in [4.69, 9.17) is 27.9 Å². The number of rotatable bonds is 13. The zero-order chi connectivity index (χ0) is 30.2. The number of carbonyl (C=O) groups excluding carboxylic acids is 2. The van der Waals surface area contributed by atoms with Crippen molar-refractivity contribution in [2.24, 2.45) is 0 Å². The predicted molar refractivity (Wildman–Crippen MR) is 163 cm³/mol. The van der Waals surface area contributed by atoms with Crippen LogP contribution < -0.4 is 14.4 Å². The lowest BCUT2D eigenvalue weighted by molar-refractivity contribution is -0.140. The zero-order valence-corrected chi connectivity index (χ0v) is 25.8. The molecule has 0 radical (unpaired) electrons. The summed E-state index contributed by atoms with van der Waals surface area (Å²) in [5, 5.41) is 3.91. The molecule has 0 aliphatic heterocycles. The van der Waals surface area contributed by atoms with E-state index in [1.54, 1.807) is 36.4 Å². The van der Waals surface area contributed by atoms with Crippen molar-refractivity contribution >= 4 is 50.7 Å². The summed E-state index contributed by atoms with van der Waals surface area (Å²) in [6.07, 6.45) is 1.05. The van der Waals surface area contributed by atoms with Gasteiger partial charge >= 0.3 is 0 Å². The van der Waals surface area contributed by atoms with E-state index in [-0.39, 0.29) is 29.1 Å². The van der Waals surface area contributed by atoms with Crippen molar-refractivity contribution in [3.8, 4) is 5.75 Å². The molecule has 0 aliphatic carbocycles. The zero-order valence-electron chi connectivity index (χ0n) is 23.5. The molecule has 0 aliphatic rings. The van der Waals surface area contributed by atoms with Crippen LogP contribution in [0.1, 0.15) is 39.2 Å². The molecule has 0 aromatic heterocycles. The van der Waals surface area contributed by atoms with Gasteiger partial charge in [0, 0.05) is 22.6 Å². The Morgan fingerprint density at radius 1 is 0.878 bits per heavy atom. The molecular weight excluding hydrogens is 585 g/mol. The van der Waals surface area contributed by atoms with Crippen LogP contribution in [0.2, 0.25) is 10.0 Å². The fraction of sp³-hybridized carbons (Fsp3) is 0.333. The standard InChI is InChI=1S/C30H35Cl2N3O5S/c1-5-21(3)33-30(37)28(6-2)34(19-22-7-9-23(31)10-8-22)29(36)20-35(25-13-11-24(32)12-14-25)41(38,39)27-17-15-26(40-4)16-18-27/h7-18,21,28H,5-6,19-20H2,1-4H3,(H,33,37)/t21-,28+/m1/s1. The van der Waals surface area contributed by atoms with E-state index in [1.165, 1.54) is 48.4 Å². The first-order valence-electron chi connectivity index (χ1n) is 13.3. The largest absolute Gasteiger partial charge is 0.497 e. The smallest absolute Gasteiger partial charge is 0.264 e. The molecule has 0 spiro atoms. The van der Waals surface area contributed by atoms with Crippen LogP contribution in [0.4, 0.5) is 5.69 Å². The fourth-order valence-corrected chi connectivity index (χ4v) is 5.82. The van der Waals surface area contributed by atoms with Gasteiger partial charge in [0.2, 0.25) is 11.8 Å². The van der Waals surface area contributed by atoms with Gasteiger partial charge in [-0.15, -0.1) is 0 Å². The Morgan fingerprint density at radius 2 is 1.44 bits per heavy atom. The molecule has 41 heavy (non-hydrogen) atoms. The van der Waals surface area contributed by atoms with E-state index in [0.29, 0.717) is 22.2 Å². The molecule has 8 nitrogen and oxygen atoms in total. The van der Waals surface area contributed by atoms with Crippen LogP contribution in [-0.2, 0) is 26.2 Å². The maximum absolute atomic E-state index is 14.1. The Balaban J connectivity index is 2.05. The third-order valence-electron chi connectivity index (χ3n) is 6.69. The summed E-state index contributed by atoms with van der Waals surface area (Å²) in [6, 6.07) is 18.1. The average molecular weight is 621 g/mol. The Kier molecular flexibility index (Phi) is 11.5. The third kappa shape index (κ3) is 8.38. The number of ether oxygens (including phenoxy) is 1. The summed E-state index contributed by atoms with van der Waals surface area (Å²) in [4.78, 5) is 28.8. The van der Waals surface area contributed by atoms with E-state index < -0.39 is 28.5 Å². The molecule has 0 fully saturated rings. The lowest BCUT2D eigenvalue weighted by atomic mass is 10.1. The maximum atomic E-state index is 14.1. The van der Waals surface area contributed by atoms with Crippen molar-refractivity contribution in [3.05, 3.63) is 88.4 Å². The number of hydrogen-bond donors (Lipinski definition) is 1. The number of hydrogen-bond acceptors (Lipinski definition) is 5. The number of nitrogens with zero attached hydrogens (tertiary/aromatic N) is 2. The number of benzene rings is 3. The second-order valence-corrected chi connectivity index (χ2v) is 12.3. The van der Waals surface area contributed by atoms with Gasteiger partial charge in [0.15, 0.2) is 0 Å². The molecule has 0 unspecified atom stereocenters. The minimum Gasteiger partial charge on any atom is -0.497 e. The van der Waals surface area contributed by atoms with E-state index >= 15 is 0 Å². The topological polar surface area (TPSA) is 96.0 Å². The molecule has 3 rings (SSSR count). The molecule has 0 heterocycles. The molecule has 0 saturated carbocycles. The number of amides is 2. The average Bonchev–Trinajstić information content (AvgIpc) is 2.97. The summed E-state index contributed by atoms with van der Waals surface area (Å²) in [7, 11) is -2.72. The monoisotopic (exact) mass is 619 g/mol. The van der Waals surface area contributed by atoms with Crippen molar-refractivity contribution < 1.29 is 22.7 Å². The van der Waals surface area contributed by atoms with Gasteiger partial charge in [0.25, 0.3) is 10.0 Å². The first kappa shape index (κ1) is 32.2. The van der Waals surface area contributed by atoms with Crippen LogP contribution in [-0.4, -0.2) is 50.9 Å². The van der Waals surface area contributed by atoms with Crippen molar-refractivity contribution in [2.75, 3.05) is 18.0 Å². The van der Waals surface area contributed by atoms with Crippen LogP contribution >= 0.6 is 23.2 Å². The maximum Gasteiger partial charge on any atom is 0.264 e. The fourth-order valence-electron chi connectivity index (χ4n) is 4.16. The summed E-state index contributed by atoms with van der Waals surface area (Å²) < 4.78 is 34.0. The Bertz CT molecular complexity index is 1420. The van der Waals surface area contributed by atoms with Gasteiger partial charge in [-0.25, -0.2) is 8.42 Å². The van der Waals surface area contributed by atoms with E-state index in [2.05, 4.69) is 5.32 Å². The Labute approximate surface area is 252 Å². The van der Waals surface area contributed by atoms with Crippen LogP contribution in [0.3, 0.4) is 0 Å². The Morgan fingerprint density at radius 3 is 1.95 bits per heavy atom. The van der Waals surface area contributed by atoms with Crippen LogP contribution in [0.15, 0.2) is 77.7 Å². The van der Waals surface area contributed by atoms with Gasteiger partial charge in [0.05, 0.1) is 17.7 Å². The SMILES string of the molecule is CC[C@@H](C)NC(=O)[C@H](CC)N(Cc1ccc(Cl)cc1)C(=O)CN(c1ccc(Cl)cc1)S(=O)(=O)c1ccc(OC)cc1. The molecular formula is C30H35Cl2N3O5S. The molecule has 1 N–H and O–H groups in total. The number of methoxy groups -OCH3 is 1. The molecule has 0 saturated heterocycles. The predicted octanol–water partition coefficient (Wildman–Crippen LogP) is 5.92. The van der Waals surface area contributed by atoms with Crippen molar-refractivity contribution in [3.63, 3.8) is 0 Å². The summed E-state index contributed by atoms with van der Waals surface area (Å²) >= 11 is 12.1. The van der Waals surface area contributed by atoms with Gasteiger partial charge < -0.3 is 15.0 Å². The van der Waals surface area contributed by atoms with Crippen molar-refractivity contribution in [1.82, 2.24) is 10.2 Å². The van der Waals surface area contributed by atoms with Gasteiger partial charge in [-0.05, 0) is 86.0 Å². The molecule has 3 aromatic rings. The highest BCUT2D eigenvalue weighted by molar-refractivity contribution is 7.92. The van der Waals surface area contributed by atoms with Gasteiger partial charge in [-0.3, -0.25) is 13.9 Å². The molecule has 2 amide bonds. The highest BCUT2D eigenvalue weighted by atomic mass is 35.5. The Hall–Kier alpha value is -3.27. The number of carbonyl (C=O) groups is 2. The second-order valence-electron chi connectivity index (χ2n) is 9.55. The quantitative estimate of drug-likeness (QED) is 0.256. The third-order valence-corrected chi connectivity index (χ3v) is 8.99. The number of anilines is 1. The first-order chi connectivity index (χ1) is 19.5. The van der Waals surface area contributed by atoms with E-state index in [0.717, 1.165) is 16.3 Å². The number of nitrogens with one attached hydrogen (secondary N) is 1. The molecule has 11 heteroatoms.